The SMILES string of the molecule is CCNC(CC)Cc1nc(OC)ccc1[N+](=O)[O-]. The monoisotopic (exact) mass is 253 g/mol. The highest BCUT2D eigenvalue weighted by molar-refractivity contribution is 5.38. The molecule has 0 radical (unpaired) electrons. The third kappa shape index (κ3) is 3.66. The van der Waals surface area contributed by atoms with E-state index in [9.17, 15) is 10.1 Å². The molecule has 0 aliphatic carbocycles. The number of pyridine rings is 1. The molecular weight excluding hydrogens is 234 g/mol. The fourth-order valence-corrected chi connectivity index (χ4v) is 1.79. The van der Waals surface area contributed by atoms with E-state index in [4.69, 9.17) is 4.74 Å². The second kappa shape index (κ2) is 6.90. The highest BCUT2D eigenvalue weighted by atomic mass is 16.6. The van der Waals surface area contributed by atoms with Gasteiger partial charge in [-0.05, 0) is 13.0 Å². The summed E-state index contributed by atoms with van der Waals surface area (Å²) in [6.07, 6.45) is 1.42. The van der Waals surface area contributed by atoms with Crippen LogP contribution in [0.5, 0.6) is 5.88 Å². The van der Waals surface area contributed by atoms with E-state index in [0.29, 0.717) is 18.0 Å². The van der Waals surface area contributed by atoms with E-state index in [1.165, 1.54) is 19.2 Å². The Kier molecular flexibility index (Phi) is 5.51. The molecule has 6 nitrogen and oxygen atoms in total. The molecule has 0 saturated heterocycles. The summed E-state index contributed by atoms with van der Waals surface area (Å²) < 4.78 is 5.01. The van der Waals surface area contributed by atoms with Gasteiger partial charge in [-0.3, -0.25) is 10.1 Å². The molecule has 100 valence electrons. The van der Waals surface area contributed by atoms with Crippen molar-refractivity contribution < 1.29 is 9.66 Å². The predicted octanol–water partition coefficient (Wildman–Crippen LogP) is 1.93. The van der Waals surface area contributed by atoms with Crippen LogP contribution in [0.2, 0.25) is 0 Å². The topological polar surface area (TPSA) is 77.3 Å². The Balaban J connectivity index is 2.99. The lowest BCUT2D eigenvalue weighted by Crippen LogP contribution is -2.30. The van der Waals surface area contributed by atoms with Crippen molar-refractivity contribution in [3.8, 4) is 5.88 Å². The quantitative estimate of drug-likeness (QED) is 0.593. The van der Waals surface area contributed by atoms with Crippen LogP contribution in [0.1, 0.15) is 26.0 Å². The van der Waals surface area contributed by atoms with E-state index in [1.54, 1.807) is 0 Å². The van der Waals surface area contributed by atoms with Gasteiger partial charge in [0.1, 0.15) is 5.69 Å². The highest BCUT2D eigenvalue weighted by Crippen LogP contribution is 2.21. The number of nitro groups is 1. The van der Waals surface area contributed by atoms with Crippen LogP contribution in [0, 0.1) is 10.1 Å². The van der Waals surface area contributed by atoms with Crippen molar-refractivity contribution in [1.29, 1.82) is 0 Å². The Hall–Kier alpha value is -1.69. The average molecular weight is 253 g/mol. The smallest absolute Gasteiger partial charge is 0.291 e. The lowest BCUT2D eigenvalue weighted by atomic mass is 10.1. The molecule has 18 heavy (non-hydrogen) atoms. The van der Waals surface area contributed by atoms with Gasteiger partial charge in [-0.1, -0.05) is 13.8 Å². The number of hydrogen-bond donors (Lipinski definition) is 1. The number of rotatable bonds is 7. The van der Waals surface area contributed by atoms with E-state index >= 15 is 0 Å². The first-order valence-electron chi connectivity index (χ1n) is 6.04. The Morgan fingerprint density at radius 1 is 1.50 bits per heavy atom. The molecule has 1 N–H and O–H groups in total. The molecule has 1 rings (SSSR count). The van der Waals surface area contributed by atoms with Gasteiger partial charge >= 0.3 is 0 Å². The van der Waals surface area contributed by atoms with Gasteiger partial charge in [-0.2, -0.15) is 0 Å². The molecule has 0 aliphatic rings. The lowest BCUT2D eigenvalue weighted by molar-refractivity contribution is -0.386. The molecule has 0 saturated carbocycles. The predicted molar refractivity (Wildman–Crippen MR) is 68.9 cm³/mol. The van der Waals surface area contributed by atoms with Gasteiger partial charge in [0.15, 0.2) is 0 Å². The van der Waals surface area contributed by atoms with Crippen LogP contribution in [-0.2, 0) is 6.42 Å². The van der Waals surface area contributed by atoms with Crippen LogP contribution in [0.15, 0.2) is 12.1 Å². The molecule has 1 unspecified atom stereocenters. The fraction of sp³-hybridized carbons (Fsp3) is 0.583. The molecular formula is C12H19N3O3. The van der Waals surface area contributed by atoms with Gasteiger partial charge in [0, 0.05) is 24.6 Å². The summed E-state index contributed by atoms with van der Waals surface area (Å²) >= 11 is 0. The van der Waals surface area contributed by atoms with Crippen LogP contribution in [0.25, 0.3) is 0 Å². The molecule has 6 heteroatoms. The summed E-state index contributed by atoms with van der Waals surface area (Å²) in [4.78, 5) is 14.7. The minimum atomic E-state index is -0.402. The van der Waals surface area contributed by atoms with Crippen molar-refractivity contribution in [1.82, 2.24) is 10.3 Å². The third-order valence-electron chi connectivity index (χ3n) is 2.76. The minimum Gasteiger partial charge on any atom is -0.481 e. The maximum atomic E-state index is 11.0. The summed E-state index contributed by atoms with van der Waals surface area (Å²) in [5.74, 6) is 0.405. The summed E-state index contributed by atoms with van der Waals surface area (Å²) in [6, 6.07) is 3.14. The van der Waals surface area contributed by atoms with Crippen LogP contribution in [0.3, 0.4) is 0 Å². The molecule has 0 amide bonds. The van der Waals surface area contributed by atoms with Crippen molar-refractivity contribution >= 4 is 5.69 Å². The first-order chi connectivity index (χ1) is 8.62. The van der Waals surface area contributed by atoms with Crippen molar-refractivity contribution in [2.75, 3.05) is 13.7 Å². The Morgan fingerprint density at radius 2 is 2.22 bits per heavy atom. The number of ether oxygens (including phenoxy) is 1. The second-order valence-electron chi connectivity index (χ2n) is 3.94. The summed E-state index contributed by atoms with van der Waals surface area (Å²) in [5.41, 5.74) is 0.513. The zero-order chi connectivity index (χ0) is 13.5. The second-order valence-corrected chi connectivity index (χ2v) is 3.94. The molecule has 0 spiro atoms. The van der Waals surface area contributed by atoms with Crippen molar-refractivity contribution in [2.24, 2.45) is 0 Å². The summed E-state index contributed by atoms with van der Waals surface area (Å²) in [7, 11) is 1.50. The normalized spacial score (nSPS) is 12.2. The molecule has 1 aromatic rings. The van der Waals surface area contributed by atoms with Gasteiger partial charge in [-0.15, -0.1) is 0 Å². The summed E-state index contributed by atoms with van der Waals surface area (Å²) in [6.45, 7) is 4.88. The standard InChI is InChI=1S/C12H19N3O3/c1-4-9(13-5-2)8-10-11(15(16)17)6-7-12(14-10)18-3/h6-7,9,13H,4-5,8H2,1-3H3. The number of methoxy groups -OCH3 is 1. The molecule has 0 aliphatic heterocycles. The Bertz CT molecular complexity index is 410. The van der Waals surface area contributed by atoms with Crippen molar-refractivity contribution in [3.63, 3.8) is 0 Å². The zero-order valence-electron chi connectivity index (χ0n) is 11.0. The first kappa shape index (κ1) is 14.4. The Morgan fingerprint density at radius 3 is 2.72 bits per heavy atom. The van der Waals surface area contributed by atoms with Gasteiger partial charge in [-0.25, -0.2) is 4.98 Å². The zero-order valence-corrected chi connectivity index (χ0v) is 11.0. The third-order valence-corrected chi connectivity index (χ3v) is 2.76. The van der Waals surface area contributed by atoms with Gasteiger partial charge in [0.25, 0.3) is 5.69 Å². The number of nitrogens with zero attached hydrogens (tertiary/aromatic N) is 2. The van der Waals surface area contributed by atoms with Gasteiger partial charge in [0.2, 0.25) is 5.88 Å². The van der Waals surface area contributed by atoms with E-state index in [-0.39, 0.29) is 11.7 Å². The maximum absolute atomic E-state index is 11.0. The van der Waals surface area contributed by atoms with Crippen LogP contribution in [-0.4, -0.2) is 29.6 Å². The number of hydrogen-bond acceptors (Lipinski definition) is 5. The average Bonchev–Trinajstić information content (AvgIpc) is 2.37. The molecule has 1 atom stereocenters. The molecule has 0 fully saturated rings. The first-order valence-corrected chi connectivity index (χ1v) is 6.04. The highest BCUT2D eigenvalue weighted by Gasteiger charge is 2.19. The largest absolute Gasteiger partial charge is 0.481 e. The van der Waals surface area contributed by atoms with E-state index in [1.807, 2.05) is 13.8 Å². The maximum Gasteiger partial charge on any atom is 0.291 e. The van der Waals surface area contributed by atoms with E-state index < -0.39 is 4.92 Å². The molecule has 0 bridgehead atoms. The summed E-state index contributed by atoms with van der Waals surface area (Å²) in [5, 5.41) is 14.2. The Labute approximate surface area is 107 Å². The lowest BCUT2D eigenvalue weighted by Gasteiger charge is -2.15. The molecule has 0 aromatic carbocycles. The van der Waals surface area contributed by atoms with Crippen molar-refractivity contribution in [2.45, 2.75) is 32.7 Å². The molecule has 1 heterocycles. The van der Waals surface area contributed by atoms with Crippen LogP contribution >= 0.6 is 0 Å². The van der Waals surface area contributed by atoms with E-state index in [2.05, 4.69) is 10.3 Å². The van der Waals surface area contributed by atoms with Gasteiger partial charge < -0.3 is 10.1 Å². The van der Waals surface area contributed by atoms with Gasteiger partial charge in [0.05, 0.1) is 12.0 Å². The minimum absolute atomic E-state index is 0.0483. The van der Waals surface area contributed by atoms with Crippen molar-refractivity contribution in [3.05, 3.63) is 27.9 Å². The van der Waals surface area contributed by atoms with Crippen LogP contribution in [0.4, 0.5) is 5.69 Å². The van der Waals surface area contributed by atoms with Crippen LogP contribution < -0.4 is 10.1 Å². The number of likely N-dealkylation sites (N-methyl/N-ethyl adjacent to an activating group) is 1. The molecule has 1 aromatic heterocycles. The van der Waals surface area contributed by atoms with E-state index in [0.717, 1.165) is 13.0 Å². The fourth-order valence-electron chi connectivity index (χ4n) is 1.79. The number of nitrogens with one attached hydrogen (secondary N) is 1. The number of aromatic nitrogens is 1.